The molecule has 1 aromatic rings. The normalized spacial score (nSPS) is 31.6. The third-order valence-electron chi connectivity index (χ3n) is 4.81. The molecule has 1 heterocycles. The van der Waals surface area contributed by atoms with Crippen LogP contribution in [0.1, 0.15) is 50.6 Å². The Bertz CT molecular complexity index is 621. The van der Waals surface area contributed by atoms with E-state index in [1.165, 1.54) is 31.0 Å². The zero-order valence-corrected chi connectivity index (χ0v) is 13.1. The average Bonchev–Trinajstić information content (AvgIpc) is 2.44. The third kappa shape index (κ3) is 3.14. The van der Waals surface area contributed by atoms with Crippen molar-refractivity contribution >= 4 is 9.84 Å². The van der Waals surface area contributed by atoms with Gasteiger partial charge < -0.3 is 5.32 Å². The van der Waals surface area contributed by atoms with Gasteiger partial charge in [-0.05, 0) is 61.8 Å². The van der Waals surface area contributed by atoms with Crippen LogP contribution in [0.25, 0.3) is 0 Å². The molecule has 1 N–H and O–H groups in total. The molecule has 0 saturated heterocycles. The van der Waals surface area contributed by atoms with Crippen molar-refractivity contribution in [1.82, 2.24) is 5.32 Å². The van der Waals surface area contributed by atoms with E-state index in [4.69, 9.17) is 0 Å². The number of hydrogen-bond acceptors (Lipinski definition) is 3. The van der Waals surface area contributed by atoms with Crippen LogP contribution in [0.5, 0.6) is 0 Å². The Morgan fingerprint density at radius 1 is 1.14 bits per heavy atom. The van der Waals surface area contributed by atoms with E-state index in [2.05, 4.69) is 12.2 Å². The molecule has 0 aromatic heterocycles. The molecular weight excluding hydrogens is 289 g/mol. The van der Waals surface area contributed by atoms with E-state index < -0.39 is 9.84 Å². The molecule has 1 fully saturated rings. The van der Waals surface area contributed by atoms with Crippen LogP contribution in [0.2, 0.25) is 0 Å². The molecule has 1 aliphatic carbocycles. The second-order valence-corrected chi connectivity index (χ2v) is 8.54. The molecule has 0 radical (unpaired) electrons. The highest BCUT2D eigenvalue weighted by Crippen LogP contribution is 2.34. The van der Waals surface area contributed by atoms with E-state index in [0.717, 1.165) is 18.8 Å². The first-order chi connectivity index (χ1) is 9.95. The highest BCUT2D eigenvalue weighted by atomic mass is 32.2. The molecule has 1 unspecified atom stereocenters. The van der Waals surface area contributed by atoms with E-state index in [9.17, 15) is 12.8 Å². The Labute approximate surface area is 125 Å². The second kappa shape index (κ2) is 5.69. The van der Waals surface area contributed by atoms with Gasteiger partial charge in [0.1, 0.15) is 5.82 Å². The fourth-order valence-corrected chi connectivity index (χ4v) is 5.10. The maximum atomic E-state index is 13.5. The van der Waals surface area contributed by atoms with Crippen LogP contribution in [-0.2, 0) is 9.84 Å². The molecule has 2 aliphatic rings. The Morgan fingerprint density at radius 3 is 2.57 bits per heavy atom. The second-order valence-electron chi connectivity index (χ2n) is 6.47. The summed E-state index contributed by atoms with van der Waals surface area (Å²) in [6.45, 7) is 2.27. The highest BCUT2D eigenvalue weighted by Gasteiger charge is 2.32. The molecule has 21 heavy (non-hydrogen) atoms. The van der Waals surface area contributed by atoms with Crippen LogP contribution < -0.4 is 5.32 Å². The standard InChI is InChI=1S/C16H22FNO2S/c1-11-2-5-13(6-3-11)18-15-8-9-21(19,20)16-7-4-12(17)10-14(15)16/h4,7,10-11,13,15,18H,2-3,5-6,8-9H2,1H3. The van der Waals surface area contributed by atoms with E-state index in [1.54, 1.807) is 0 Å². The third-order valence-corrected chi connectivity index (χ3v) is 6.63. The number of nitrogens with one attached hydrogen (secondary N) is 1. The average molecular weight is 311 g/mol. The lowest BCUT2D eigenvalue weighted by atomic mass is 9.86. The Balaban J connectivity index is 1.83. The molecule has 0 amide bonds. The molecular formula is C16H22FNO2S. The fraction of sp³-hybridized carbons (Fsp3) is 0.625. The topological polar surface area (TPSA) is 46.2 Å². The Kier molecular flexibility index (Phi) is 4.06. The summed E-state index contributed by atoms with van der Waals surface area (Å²) < 4.78 is 37.8. The Morgan fingerprint density at radius 2 is 1.86 bits per heavy atom. The summed E-state index contributed by atoms with van der Waals surface area (Å²) in [5, 5.41) is 3.57. The minimum atomic E-state index is -3.25. The molecule has 0 bridgehead atoms. The maximum Gasteiger partial charge on any atom is 0.178 e. The van der Waals surface area contributed by atoms with Crippen LogP contribution in [0, 0.1) is 11.7 Å². The molecule has 0 spiro atoms. The van der Waals surface area contributed by atoms with Crippen LogP contribution in [0.3, 0.4) is 0 Å². The van der Waals surface area contributed by atoms with Gasteiger partial charge in [-0.1, -0.05) is 6.92 Å². The number of benzene rings is 1. The maximum absolute atomic E-state index is 13.5. The first-order valence-corrected chi connectivity index (χ1v) is 9.39. The van der Waals surface area contributed by atoms with Crippen molar-refractivity contribution in [1.29, 1.82) is 0 Å². The fourth-order valence-electron chi connectivity index (χ4n) is 3.50. The van der Waals surface area contributed by atoms with Crippen molar-refractivity contribution in [2.75, 3.05) is 5.75 Å². The van der Waals surface area contributed by atoms with Crippen molar-refractivity contribution in [2.45, 2.75) is 56.0 Å². The molecule has 3 rings (SSSR count). The first-order valence-electron chi connectivity index (χ1n) is 7.74. The number of rotatable bonds is 2. The number of hydrogen-bond donors (Lipinski definition) is 1. The van der Waals surface area contributed by atoms with Gasteiger partial charge in [0.25, 0.3) is 0 Å². The summed E-state index contributed by atoms with van der Waals surface area (Å²) in [7, 11) is -3.25. The summed E-state index contributed by atoms with van der Waals surface area (Å²) in [6, 6.07) is 4.41. The monoisotopic (exact) mass is 311 g/mol. The zero-order chi connectivity index (χ0) is 15.0. The summed E-state index contributed by atoms with van der Waals surface area (Å²) in [5.41, 5.74) is 0.611. The highest BCUT2D eigenvalue weighted by molar-refractivity contribution is 7.91. The lowest BCUT2D eigenvalue weighted by molar-refractivity contribution is 0.282. The van der Waals surface area contributed by atoms with Gasteiger partial charge in [0.05, 0.1) is 10.6 Å². The van der Waals surface area contributed by atoms with Crippen LogP contribution in [0.4, 0.5) is 4.39 Å². The quantitative estimate of drug-likeness (QED) is 0.853. The van der Waals surface area contributed by atoms with Crippen molar-refractivity contribution in [3.63, 3.8) is 0 Å². The number of sulfone groups is 1. The van der Waals surface area contributed by atoms with Gasteiger partial charge in [-0.25, -0.2) is 12.8 Å². The van der Waals surface area contributed by atoms with Crippen molar-refractivity contribution in [3.05, 3.63) is 29.6 Å². The van der Waals surface area contributed by atoms with Gasteiger partial charge in [0, 0.05) is 12.1 Å². The molecule has 3 nitrogen and oxygen atoms in total. The SMILES string of the molecule is CC1CCC(NC2CCS(=O)(=O)c3ccc(F)cc32)CC1. The van der Waals surface area contributed by atoms with E-state index >= 15 is 0 Å². The van der Waals surface area contributed by atoms with Crippen molar-refractivity contribution in [2.24, 2.45) is 5.92 Å². The van der Waals surface area contributed by atoms with Crippen LogP contribution in [-0.4, -0.2) is 20.2 Å². The molecule has 1 atom stereocenters. The minimum Gasteiger partial charge on any atom is -0.307 e. The largest absolute Gasteiger partial charge is 0.307 e. The predicted octanol–water partition coefficient (Wildman–Crippen LogP) is 3.21. The van der Waals surface area contributed by atoms with Gasteiger partial charge in [-0.2, -0.15) is 0 Å². The minimum absolute atomic E-state index is 0.0439. The molecule has 1 aliphatic heterocycles. The van der Waals surface area contributed by atoms with E-state index in [1.807, 2.05) is 0 Å². The lowest BCUT2D eigenvalue weighted by Crippen LogP contribution is -2.38. The van der Waals surface area contributed by atoms with Crippen molar-refractivity contribution < 1.29 is 12.8 Å². The van der Waals surface area contributed by atoms with E-state index in [-0.39, 0.29) is 17.6 Å². The predicted molar refractivity (Wildman–Crippen MR) is 80.4 cm³/mol. The molecule has 5 heteroatoms. The van der Waals surface area contributed by atoms with Gasteiger partial charge in [-0.3, -0.25) is 0 Å². The summed E-state index contributed by atoms with van der Waals surface area (Å²) in [5.74, 6) is 0.557. The summed E-state index contributed by atoms with van der Waals surface area (Å²) in [6.07, 6.45) is 5.19. The number of fused-ring (bicyclic) bond motifs is 1. The first kappa shape index (κ1) is 15.0. The Hall–Kier alpha value is -0.940. The lowest BCUT2D eigenvalue weighted by Gasteiger charge is -2.33. The zero-order valence-electron chi connectivity index (χ0n) is 12.3. The smallest absolute Gasteiger partial charge is 0.178 e. The van der Waals surface area contributed by atoms with Crippen LogP contribution >= 0.6 is 0 Å². The molecule has 116 valence electrons. The van der Waals surface area contributed by atoms with Crippen LogP contribution in [0.15, 0.2) is 23.1 Å². The van der Waals surface area contributed by atoms with Gasteiger partial charge >= 0.3 is 0 Å². The summed E-state index contributed by atoms with van der Waals surface area (Å²) >= 11 is 0. The number of halogens is 1. The van der Waals surface area contributed by atoms with Gasteiger partial charge in [-0.15, -0.1) is 0 Å². The van der Waals surface area contributed by atoms with Gasteiger partial charge in [0.15, 0.2) is 9.84 Å². The molecule has 1 saturated carbocycles. The van der Waals surface area contributed by atoms with E-state index in [0.29, 0.717) is 22.9 Å². The van der Waals surface area contributed by atoms with Gasteiger partial charge in [0.2, 0.25) is 0 Å². The molecule has 1 aromatic carbocycles. The summed E-state index contributed by atoms with van der Waals surface area (Å²) in [4.78, 5) is 0.303. The van der Waals surface area contributed by atoms with Crippen molar-refractivity contribution in [3.8, 4) is 0 Å².